The van der Waals surface area contributed by atoms with Gasteiger partial charge in [0.15, 0.2) is 5.70 Å². The van der Waals surface area contributed by atoms with Crippen LogP contribution in [-0.2, 0) is 16.1 Å². The summed E-state index contributed by atoms with van der Waals surface area (Å²) in [6.45, 7) is 2.42. The molecule has 34 heavy (non-hydrogen) atoms. The molecule has 0 fully saturated rings. The molecule has 3 aromatic rings. The maximum atomic E-state index is 12.4. The Hall–Kier alpha value is -3.01. The Morgan fingerprint density at radius 3 is 2.53 bits per heavy atom. The highest BCUT2D eigenvalue weighted by atomic mass is 79.9. The summed E-state index contributed by atoms with van der Waals surface area (Å²) in [5.41, 5.74) is 3.05. The zero-order chi connectivity index (χ0) is 24.4. The molecular formula is C24H15Br2ClN2O5. The van der Waals surface area contributed by atoms with Crippen LogP contribution in [0.5, 0.6) is 5.75 Å². The standard InChI is InChI=1S/C24H15Br2ClN2O5/c1-13-3-2-4-14(7-13)12-33-22-18(25)8-15(9-19(22)26)10-21-24(30)34-23(28-21)17-6-5-16(29(31)32)11-20(17)27/h2-11H,12H2,1H3/b21-10-. The summed E-state index contributed by atoms with van der Waals surface area (Å²) in [7, 11) is 0. The molecule has 0 atom stereocenters. The second-order valence-corrected chi connectivity index (χ2v) is 9.46. The molecule has 0 spiro atoms. The third-order valence-corrected chi connectivity index (χ3v) is 6.29. The molecule has 0 radical (unpaired) electrons. The van der Waals surface area contributed by atoms with Crippen LogP contribution < -0.4 is 4.74 Å². The first-order chi connectivity index (χ1) is 16.2. The van der Waals surface area contributed by atoms with Crippen LogP contribution in [-0.4, -0.2) is 16.8 Å². The minimum atomic E-state index is -0.656. The fourth-order valence-electron chi connectivity index (χ4n) is 3.23. The molecule has 0 saturated carbocycles. The molecule has 0 aliphatic carbocycles. The average molecular weight is 607 g/mol. The molecule has 0 bridgehead atoms. The third kappa shape index (κ3) is 5.38. The fourth-order valence-corrected chi connectivity index (χ4v) is 4.94. The van der Waals surface area contributed by atoms with Crippen molar-refractivity contribution in [3.8, 4) is 5.75 Å². The number of halogens is 3. The summed E-state index contributed by atoms with van der Waals surface area (Å²) < 4.78 is 12.6. The molecule has 1 aliphatic rings. The molecule has 1 aliphatic heterocycles. The number of nitrogens with zero attached hydrogens (tertiary/aromatic N) is 2. The SMILES string of the molecule is Cc1cccc(COc2c(Br)cc(/C=C3\N=C(c4ccc([N+](=O)[O-])cc4Cl)OC3=O)cc2Br)c1. The van der Waals surface area contributed by atoms with Crippen LogP contribution >= 0.6 is 43.5 Å². The maximum absolute atomic E-state index is 12.4. The van der Waals surface area contributed by atoms with Gasteiger partial charge in [0, 0.05) is 12.1 Å². The predicted molar refractivity (Wildman–Crippen MR) is 136 cm³/mol. The van der Waals surface area contributed by atoms with E-state index >= 15 is 0 Å². The number of cyclic esters (lactones) is 1. The number of benzene rings is 3. The van der Waals surface area contributed by atoms with E-state index in [0.717, 1.165) is 11.1 Å². The number of ether oxygens (including phenoxy) is 2. The van der Waals surface area contributed by atoms with Gasteiger partial charge in [0.25, 0.3) is 5.69 Å². The van der Waals surface area contributed by atoms with E-state index in [1.165, 1.54) is 18.2 Å². The molecule has 1 heterocycles. The number of non-ortho nitro benzene ring substituents is 1. The normalized spacial score (nSPS) is 14.2. The Morgan fingerprint density at radius 2 is 1.88 bits per heavy atom. The van der Waals surface area contributed by atoms with Gasteiger partial charge in [0.1, 0.15) is 12.4 Å². The Balaban J connectivity index is 1.57. The van der Waals surface area contributed by atoms with Gasteiger partial charge in [0.2, 0.25) is 5.90 Å². The second kappa shape index (κ2) is 10.1. The van der Waals surface area contributed by atoms with Gasteiger partial charge >= 0.3 is 5.97 Å². The smallest absolute Gasteiger partial charge is 0.363 e. The Bertz CT molecular complexity index is 1360. The van der Waals surface area contributed by atoms with Crippen molar-refractivity contribution < 1.29 is 19.2 Å². The lowest BCUT2D eigenvalue weighted by molar-refractivity contribution is -0.384. The maximum Gasteiger partial charge on any atom is 0.363 e. The largest absolute Gasteiger partial charge is 0.487 e. The molecule has 0 N–H and O–H groups in total. The zero-order valence-electron chi connectivity index (χ0n) is 17.6. The summed E-state index contributed by atoms with van der Waals surface area (Å²) in [6, 6.07) is 15.5. The van der Waals surface area contributed by atoms with Gasteiger partial charge < -0.3 is 9.47 Å². The highest BCUT2D eigenvalue weighted by molar-refractivity contribution is 9.11. The quantitative estimate of drug-likeness (QED) is 0.130. The highest BCUT2D eigenvalue weighted by Crippen LogP contribution is 2.36. The number of nitro benzene ring substituents is 1. The van der Waals surface area contributed by atoms with E-state index < -0.39 is 10.9 Å². The molecule has 0 amide bonds. The van der Waals surface area contributed by atoms with Crippen molar-refractivity contribution in [1.29, 1.82) is 0 Å². The van der Waals surface area contributed by atoms with Gasteiger partial charge in [-0.2, -0.15) is 0 Å². The van der Waals surface area contributed by atoms with Crippen molar-refractivity contribution in [3.63, 3.8) is 0 Å². The van der Waals surface area contributed by atoms with Gasteiger partial charge in [0.05, 0.1) is 24.5 Å². The number of hydrogen-bond acceptors (Lipinski definition) is 6. The van der Waals surface area contributed by atoms with Crippen molar-refractivity contribution in [3.05, 3.63) is 107 Å². The van der Waals surface area contributed by atoms with Gasteiger partial charge in [-0.1, -0.05) is 41.4 Å². The van der Waals surface area contributed by atoms with Crippen molar-refractivity contribution >= 4 is 67.1 Å². The third-order valence-electron chi connectivity index (χ3n) is 4.80. The number of aryl methyl sites for hydroxylation is 1. The fraction of sp³-hybridized carbons (Fsp3) is 0.0833. The van der Waals surface area contributed by atoms with Gasteiger partial charge in [-0.15, -0.1) is 0 Å². The average Bonchev–Trinajstić information content (AvgIpc) is 3.12. The molecule has 10 heteroatoms. The summed E-state index contributed by atoms with van der Waals surface area (Å²) in [5.74, 6) is -0.0525. The lowest BCUT2D eigenvalue weighted by Gasteiger charge is -2.12. The molecule has 0 unspecified atom stereocenters. The minimum Gasteiger partial charge on any atom is -0.487 e. The molecule has 4 rings (SSSR count). The lowest BCUT2D eigenvalue weighted by atomic mass is 10.1. The van der Waals surface area contributed by atoms with E-state index in [-0.39, 0.29) is 27.9 Å². The van der Waals surface area contributed by atoms with E-state index in [9.17, 15) is 14.9 Å². The summed E-state index contributed by atoms with van der Waals surface area (Å²) >= 11 is 13.2. The lowest BCUT2D eigenvalue weighted by Crippen LogP contribution is -2.06. The van der Waals surface area contributed by atoms with E-state index in [1.54, 1.807) is 18.2 Å². The van der Waals surface area contributed by atoms with Crippen molar-refractivity contribution in [2.45, 2.75) is 13.5 Å². The van der Waals surface area contributed by atoms with E-state index in [0.29, 0.717) is 26.9 Å². The number of carbonyl (C=O) groups excluding carboxylic acids is 1. The molecule has 0 saturated heterocycles. The molecule has 3 aromatic carbocycles. The highest BCUT2D eigenvalue weighted by Gasteiger charge is 2.26. The first kappa shape index (κ1) is 24.1. The van der Waals surface area contributed by atoms with Gasteiger partial charge in [-0.3, -0.25) is 10.1 Å². The Labute approximate surface area is 216 Å². The topological polar surface area (TPSA) is 91.0 Å². The first-order valence-corrected chi connectivity index (χ1v) is 11.8. The van der Waals surface area contributed by atoms with Crippen LogP contribution in [0.3, 0.4) is 0 Å². The predicted octanol–water partition coefficient (Wildman–Crippen LogP) is 7.01. The van der Waals surface area contributed by atoms with Crippen molar-refractivity contribution in [1.82, 2.24) is 0 Å². The first-order valence-electron chi connectivity index (χ1n) is 9.85. The number of carbonyl (C=O) groups is 1. The van der Waals surface area contributed by atoms with Crippen molar-refractivity contribution in [2.24, 2.45) is 4.99 Å². The van der Waals surface area contributed by atoms with Crippen LogP contribution in [0.4, 0.5) is 5.69 Å². The summed E-state index contributed by atoms with van der Waals surface area (Å²) in [6.07, 6.45) is 1.56. The molecule has 0 aromatic heterocycles. The number of nitro groups is 1. The second-order valence-electron chi connectivity index (χ2n) is 7.35. The van der Waals surface area contributed by atoms with Crippen LogP contribution in [0, 0.1) is 17.0 Å². The van der Waals surface area contributed by atoms with Crippen LogP contribution in [0.2, 0.25) is 5.02 Å². The van der Waals surface area contributed by atoms with Gasteiger partial charge in [-0.05, 0) is 74.2 Å². The van der Waals surface area contributed by atoms with Gasteiger partial charge in [-0.25, -0.2) is 9.79 Å². The number of rotatable bonds is 6. The van der Waals surface area contributed by atoms with E-state index in [4.69, 9.17) is 21.1 Å². The minimum absolute atomic E-state index is 0.0209. The van der Waals surface area contributed by atoms with Crippen LogP contribution in [0.15, 0.2) is 74.2 Å². The number of aliphatic imine (C=N–C) groups is 1. The molecular weight excluding hydrogens is 592 g/mol. The Kier molecular flexibility index (Phi) is 7.16. The zero-order valence-corrected chi connectivity index (χ0v) is 21.5. The summed E-state index contributed by atoms with van der Waals surface area (Å²) in [4.78, 5) is 26.9. The number of esters is 1. The van der Waals surface area contributed by atoms with E-state index in [2.05, 4.69) is 42.9 Å². The van der Waals surface area contributed by atoms with Crippen LogP contribution in [0.1, 0.15) is 22.3 Å². The number of hydrogen-bond donors (Lipinski definition) is 0. The van der Waals surface area contributed by atoms with Crippen molar-refractivity contribution in [2.75, 3.05) is 0 Å². The Morgan fingerprint density at radius 1 is 1.15 bits per heavy atom. The molecule has 7 nitrogen and oxygen atoms in total. The summed E-state index contributed by atoms with van der Waals surface area (Å²) in [5, 5.41) is 11.0. The van der Waals surface area contributed by atoms with E-state index in [1.807, 2.05) is 25.1 Å². The van der Waals surface area contributed by atoms with Crippen LogP contribution in [0.25, 0.3) is 6.08 Å². The molecule has 172 valence electrons. The monoisotopic (exact) mass is 604 g/mol.